The van der Waals surface area contributed by atoms with Crippen LogP contribution in [0.15, 0.2) is 75.0 Å². The largest absolute Gasteiger partial charge is 0.508 e. The number of hydrogen-bond acceptors (Lipinski definition) is 6. The summed E-state index contributed by atoms with van der Waals surface area (Å²) < 4.78 is 5.20. The number of rotatable bonds is 3. The lowest BCUT2D eigenvalue weighted by Crippen LogP contribution is -2.21. The number of nitrogens with zero attached hydrogens (tertiary/aromatic N) is 1. The van der Waals surface area contributed by atoms with Crippen LogP contribution in [0.4, 0.5) is 0 Å². The number of carbonyl (C=O) groups excluding carboxylic acids is 1. The molecule has 1 amide bonds. The van der Waals surface area contributed by atoms with Crippen LogP contribution in [0, 0.1) is 0 Å². The molecule has 0 radical (unpaired) electrons. The first-order chi connectivity index (χ1) is 13.9. The van der Waals surface area contributed by atoms with E-state index in [9.17, 15) is 19.8 Å². The highest BCUT2D eigenvalue weighted by molar-refractivity contribution is 6.04. The first kappa shape index (κ1) is 18.2. The van der Waals surface area contributed by atoms with E-state index < -0.39 is 11.5 Å². The van der Waals surface area contributed by atoms with Crippen molar-refractivity contribution < 1.29 is 19.4 Å². The number of aromatic hydroxyl groups is 2. The molecule has 0 spiro atoms. The Morgan fingerprint density at radius 3 is 2.38 bits per heavy atom. The second-order valence-corrected chi connectivity index (χ2v) is 6.52. The van der Waals surface area contributed by atoms with E-state index in [1.807, 2.05) is 24.3 Å². The zero-order valence-electron chi connectivity index (χ0n) is 15.3. The molecule has 1 heterocycles. The summed E-state index contributed by atoms with van der Waals surface area (Å²) in [6.45, 7) is 1.55. The van der Waals surface area contributed by atoms with Crippen molar-refractivity contribution in [3.63, 3.8) is 0 Å². The van der Waals surface area contributed by atoms with E-state index in [-0.39, 0.29) is 33.9 Å². The zero-order valence-corrected chi connectivity index (χ0v) is 15.3. The number of benzene rings is 3. The molecule has 0 aliphatic carbocycles. The molecule has 0 fully saturated rings. The Hall–Kier alpha value is -4.13. The van der Waals surface area contributed by atoms with Crippen molar-refractivity contribution in [3.05, 3.63) is 82.2 Å². The van der Waals surface area contributed by atoms with Gasteiger partial charge in [0.15, 0.2) is 0 Å². The molecule has 0 atom stereocenters. The lowest BCUT2D eigenvalue weighted by Gasteiger charge is -2.07. The third kappa shape index (κ3) is 3.53. The third-order valence-corrected chi connectivity index (χ3v) is 4.54. The maximum atomic E-state index is 12.5. The Kier molecular flexibility index (Phi) is 4.48. The summed E-state index contributed by atoms with van der Waals surface area (Å²) in [4.78, 5) is 24.7. The van der Waals surface area contributed by atoms with Gasteiger partial charge in [0.25, 0.3) is 5.91 Å². The van der Waals surface area contributed by atoms with Crippen molar-refractivity contribution >= 4 is 33.4 Å². The summed E-state index contributed by atoms with van der Waals surface area (Å²) in [7, 11) is 0. The van der Waals surface area contributed by atoms with Crippen molar-refractivity contribution in [2.24, 2.45) is 5.10 Å². The van der Waals surface area contributed by atoms with E-state index in [4.69, 9.17) is 4.42 Å². The predicted molar refractivity (Wildman–Crippen MR) is 109 cm³/mol. The Balaban J connectivity index is 1.63. The van der Waals surface area contributed by atoms with Gasteiger partial charge in [0.05, 0.1) is 16.8 Å². The molecular weight excluding hydrogens is 372 g/mol. The zero-order chi connectivity index (χ0) is 20.5. The van der Waals surface area contributed by atoms with Gasteiger partial charge in [-0.1, -0.05) is 24.3 Å². The monoisotopic (exact) mass is 388 g/mol. The summed E-state index contributed by atoms with van der Waals surface area (Å²) in [5.74, 6) is -0.789. The van der Waals surface area contributed by atoms with Gasteiger partial charge in [-0.05, 0) is 48.0 Å². The van der Waals surface area contributed by atoms with Crippen molar-refractivity contribution in [2.75, 3.05) is 0 Å². The van der Waals surface area contributed by atoms with Gasteiger partial charge in [-0.25, -0.2) is 10.2 Å². The Bertz CT molecular complexity index is 1350. The van der Waals surface area contributed by atoms with Gasteiger partial charge in [0.2, 0.25) is 0 Å². The van der Waals surface area contributed by atoms with Crippen LogP contribution in [-0.2, 0) is 0 Å². The van der Waals surface area contributed by atoms with E-state index in [1.165, 1.54) is 18.2 Å². The van der Waals surface area contributed by atoms with E-state index in [1.54, 1.807) is 25.1 Å². The van der Waals surface area contributed by atoms with Crippen LogP contribution in [0.25, 0.3) is 21.7 Å². The number of hydrogen-bond donors (Lipinski definition) is 3. The molecule has 3 N–H and O–H groups in total. The molecule has 4 aromatic rings. The molecule has 144 valence electrons. The van der Waals surface area contributed by atoms with Gasteiger partial charge in [-0.15, -0.1) is 0 Å². The molecule has 0 bridgehead atoms. The normalized spacial score (nSPS) is 11.7. The Morgan fingerprint density at radius 2 is 1.62 bits per heavy atom. The predicted octanol–water partition coefficient (Wildman–Crippen LogP) is 3.51. The third-order valence-electron chi connectivity index (χ3n) is 4.54. The number of carbonyl (C=O) groups is 1. The molecule has 7 nitrogen and oxygen atoms in total. The first-order valence-electron chi connectivity index (χ1n) is 8.76. The van der Waals surface area contributed by atoms with Gasteiger partial charge in [-0.2, -0.15) is 5.10 Å². The standard InChI is InChI=1S/C22H16N2O5/c1-12(17-9-15-6-7-16(25)11-20(15)29-22(17)28)23-24-21(27)18-8-13-4-2-3-5-14(13)10-19(18)26/h2-11,25-26H,1H3,(H,24,27)/b23-12+. The lowest BCUT2D eigenvalue weighted by atomic mass is 10.1. The van der Waals surface area contributed by atoms with Crippen LogP contribution in [0.3, 0.4) is 0 Å². The van der Waals surface area contributed by atoms with Crippen molar-refractivity contribution in [1.29, 1.82) is 0 Å². The minimum atomic E-state index is -0.646. The van der Waals surface area contributed by atoms with Crippen LogP contribution in [0.1, 0.15) is 22.8 Å². The van der Waals surface area contributed by atoms with Crippen LogP contribution in [-0.4, -0.2) is 21.8 Å². The summed E-state index contributed by atoms with van der Waals surface area (Å²) in [6.07, 6.45) is 0. The second-order valence-electron chi connectivity index (χ2n) is 6.52. The molecule has 29 heavy (non-hydrogen) atoms. The number of hydrazone groups is 1. The van der Waals surface area contributed by atoms with Gasteiger partial charge >= 0.3 is 5.63 Å². The SMILES string of the molecule is C/C(=N\NC(=O)c1cc2ccccc2cc1O)c1cc2ccc(O)cc2oc1=O. The maximum absolute atomic E-state index is 12.5. The highest BCUT2D eigenvalue weighted by atomic mass is 16.4. The molecular formula is C22H16N2O5. The molecule has 0 aliphatic heterocycles. The van der Waals surface area contributed by atoms with Gasteiger partial charge < -0.3 is 14.6 Å². The maximum Gasteiger partial charge on any atom is 0.345 e. The minimum Gasteiger partial charge on any atom is -0.508 e. The summed E-state index contributed by atoms with van der Waals surface area (Å²) in [5, 5.41) is 25.8. The number of phenols is 2. The van der Waals surface area contributed by atoms with Crippen LogP contribution >= 0.6 is 0 Å². The van der Waals surface area contributed by atoms with Gasteiger partial charge in [-0.3, -0.25) is 4.79 Å². The summed E-state index contributed by atoms with van der Waals surface area (Å²) >= 11 is 0. The van der Waals surface area contributed by atoms with Gasteiger partial charge in [0, 0.05) is 11.5 Å². The topological polar surface area (TPSA) is 112 Å². The minimum absolute atomic E-state index is 0.0127. The number of nitrogens with one attached hydrogen (secondary N) is 1. The molecule has 0 unspecified atom stereocenters. The molecule has 0 saturated carbocycles. The van der Waals surface area contributed by atoms with Crippen molar-refractivity contribution in [2.45, 2.75) is 6.92 Å². The van der Waals surface area contributed by atoms with E-state index >= 15 is 0 Å². The number of fused-ring (bicyclic) bond motifs is 2. The highest BCUT2D eigenvalue weighted by Gasteiger charge is 2.13. The molecule has 0 saturated heterocycles. The molecule has 1 aromatic heterocycles. The van der Waals surface area contributed by atoms with E-state index in [0.29, 0.717) is 5.39 Å². The number of amides is 1. The number of phenolic OH excluding ortho intramolecular Hbond substituents is 2. The molecule has 4 rings (SSSR count). The average Bonchev–Trinajstić information content (AvgIpc) is 2.70. The molecule has 0 aliphatic rings. The summed E-state index contributed by atoms with van der Waals surface area (Å²) in [6, 6.07) is 16.4. The first-order valence-corrected chi connectivity index (χ1v) is 8.76. The fourth-order valence-electron chi connectivity index (χ4n) is 3.02. The van der Waals surface area contributed by atoms with Gasteiger partial charge in [0.1, 0.15) is 17.1 Å². The van der Waals surface area contributed by atoms with E-state index in [0.717, 1.165) is 10.8 Å². The smallest absolute Gasteiger partial charge is 0.345 e. The fraction of sp³-hybridized carbons (Fsp3) is 0.0455. The molecule has 3 aromatic carbocycles. The molecule has 7 heteroatoms. The Morgan fingerprint density at radius 1 is 0.931 bits per heavy atom. The quantitative estimate of drug-likeness (QED) is 0.282. The van der Waals surface area contributed by atoms with Crippen LogP contribution < -0.4 is 11.1 Å². The van der Waals surface area contributed by atoms with Crippen LogP contribution in [0.5, 0.6) is 11.5 Å². The van der Waals surface area contributed by atoms with Crippen molar-refractivity contribution in [1.82, 2.24) is 5.43 Å². The van der Waals surface area contributed by atoms with Crippen molar-refractivity contribution in [3.8, 4) is 11.5 Å². The summed E-state index contributed by atoms with van der Waals surface area (Å²) in [5.41, 5.74) is 2.44. The fourth-order valence-corrected chi connectivity index (χ4v) is 3.02. The van der Waals surface area contributed by atoms with Crippen LogP contribution in [0.2, 0.25) is 0 Å². The average molecular weight is 388 g/mol. The van der Waals surface area contributed by atoms with E-state index in [2.05, 4.69) is 10.5 Å². The second kappa shape index (κ2) is 7.12. The lowest BCUT2D eigenvalue weighted by molar-refractivity contribution is 0.0952. The highest BCUT2D eigenvalue weighted by Crippen LogP contribution is 2.25. The Labute approximate surface area is 164 Å².